The second-order valence-electron chi connectivity index (χ2n) is 13.4. The minimum absolute atomic E-state index is 1.12. The lowest BCUT2D eigenvalue weighted by molar-refractivity contribution is 1.30. The Labute approximate surface area is 307 Å². The molecule has 0 atom stereocenters. The first-order chi connectivity index (χ1) is 25.8. The molecule has 2 heteroatoms. The zero-order valence-electron chi connectivity index (χ0n) is 28.4. The number of hydrogen-bond donors (Lipinski definition) is 0. The van der Waals surface area contributed by atoms with Crippen molar-refractivity contribution < 1.29 is 0 Å². The topological polar surface area (TPSA) is 3.24 Å². The lowest BCUT2D eigenvalue weighted by Gasteiger charge is -2.26. The van der Waals surface area contributed by atoms with E-state index in [1.165, 1.54) is 80.8 Å². The highest BCUT2D eigenvalue weighted by Gasteiger charge is 2.19. The van der Waals surface area contributed by atoms with Crippen LogP contribution in [0, 0.1) is 0 Å². The third-order valence-electron chi connectivity index (χ3n) is 10.3. The molecule has 10 aromatic rings. The largest absolute Gasteiger partial charge is 0.309 e. The lowest BCUT2D eigenvalue weighted by Crippen LogP contribution is -2.10. The first-order valence-electron chi connectivity index (χ1n) is 17.8. The molecule has 0 saturated heterocycles. The maximum Gasteiger partial charge on any atom is 0.0640 e. The molecule has 0 aliphatic carbocycles. The Morgan fingerprint density at radius 2 is 0.904 bits per heavy atom. The van der Waals surface area contributed by atoms with Crippen LogP contribution in [0.25, 0.3) is 75.1 Å². The van der Waals surface area contributed by atoms with Gasteiger partial charge in [-0.25, -0.2) is 0 Å². The van der Waals surface area contributed by atoms with Gasteiger partial charge < -0.3 is 4.90 Å². The molecule has 0 fully saturated rings. The molecule has 10 rings (SSSR count). The summed E-state index contributed by atoms with van der Waals surface area (Å²) in [7, 11) is 0. The Balaban J connectivity index is 1.11. The molecule has 1 aromatic heterocycles. The van der Waals surface area contributed by atoms with Crippen LogP contribution in [0.4, 0.5) is 17.1 Å². The predicted octanol–water partition coefficient (Wildman–Crippen LogP) is 14.8. The van der Waals surface area contributed by atoms with Crippen LogP contribution >= 0.6 is 11.3 Å². The smallest absolute Gasteiger partial charge is 0.0640 e. The van der Waals surface area contributed by atoms with Crippen molar-refractivity contribution in [2.45, 2.75) is 0 Å². The number of anilines is 3. The van der Waals surface area contributed by atoms with E-state index in [1.54, 1.807) is 0 Å². The summed E-state index contributed by atoms with van der Waals surface area (Å²) in [5, 5.41) is 7.60. The monoisotopic (exact) mass is 679 g/mol. The van der Waals surface area contributed by atoms with Crippen LogP contribution in [0.1, 0.15) is 0 Å². The zero-order valence-corrected chi connectivity index (χ0v) is 29.2. The second kappa shape index (κ2) is 12.7. The van der Waals surface area contributed by atoms with Crippen LogP contribution < -0.4 is 4.90 Å². The SMILES string of the molecule is c1ccc(-c2ccc3c(c2)sc2c(N(c4ccc(-c5ccc6ccccc6c5)cc4)c4ccc(-c5cccc6ccccc56)cc4)cccc23)cc1. The quantitative estimate of drug-likeness (QED) is 0.169. The number of fused-ring (bicyclic) bond motifs is 5. The molecule has 52 heavy (non-hydrogen) atoms. The normalized spacial score (nSPS) is 11.5. The van der Waals surface area contributed by atoms with Gasteiger partial charge in [-0.15, -0.1) is 11.3 Å². The number of hydrogen-bond acceptors (Lipinski definition) is 2. The molecular weight excluding hydrogens is 647 g/mol. The highest BCUT2D eigenvalue weighted by atomic mass is 32.1. The van der Waals surface area contributed by atoms with E-state index in [2.05, 4.69) is 205 Å². The van der Waals surface area contributed by atoms with Gasteiger partial charge in [0, 0.05) is 26.8 Å². The van der Waals surface area contributed by atoms with Crippen molar-refractivity contribution in [3.8, 4) is 33.4 Å². The van der Waals surface area contributed by atoms with Crippen molar-refractivity contribution in [2.24, 2.45) is 0 Å². The molecule has 0 aliphatic heterocycles. The Morgan fingerprint density at radius 3 is 1.71 bits per heavy atom. The van der Waals surface area contributed by atoms with Gasteiger partial charge in [-0.1, -0.05) is 158 Å². The third-order valence-corrected chi connectivity index (χ3v) is 11.5. The molecular formula is C50H33NS. The van der Waals surface area contributed by atoms with E-state index < -0.39 is 0 Å². The molecule has 0 amide bonds. The van der Waals surface area contributed by atoms with Gasteiger partial charge >= 0.3 is 0 Å². The van der Waals surface area contributed by atoms with Crippen LogP contribution in [0.5, 0.6) is 0 Å². The fourth-order valence-electron chi connectivity index (χ4n) is 7.64. The maximum absolute atomic E-state index is 2.42. The van der Waals surface area contributed by atoms with Crippen LogP contribution in [-0.4, -0.2) is 0 Å². The highest BCUT2D eigenvalue weighted by Crippen LogP contribution is 2.46. The molecule has 244 valence electrons. The molecule has 9 aromatic carbocycles. The van der Waals surface area contributed by atoms with Gasteiger partial charge in [0.1, 0.15) is 0 Å². The molecule has 0 spiro atoms. The number of nitrogens with zero attached hydrogens (tertiary/aromatic N) is 1. The van der Waals surface area contributed by atoms with Gasteiger partial charge in [0.05, 0.1) is 10.4 Å². The van der Waals surface area contributed by atoms with E-state index in [-0.39, 0.29) is 0 Å². The van der Waals surface area contributed by atoms with Crippen LogP contribution in [-0.2, 0) is 0 Å². The van der Waals surface area contributed by atoms with E-state index in [4.69, 9.17) is 0 Å². The summed E-state index contributed by atoms with van der Waals surface area (Å²) in [5.74, 6) is 0. The van der Waals surface area contributed by atoms with Gasteiger partial charge in [0.25, 0.3) is 0 Å². The number of rotatable bonds is 6. The Kier molecular flexibility index (Phi) is 7.41. The van der Waals surface area contributed by atoms with E-state index in [1.807, 2.05) is 11.3 Å². The van der Waals surface area contributed by atoms with Crippen LogP contribution in [0.2, 0.25) is 0 Å². The van der Waals surface area contributed by atoms with Gasteiger partial charge in [0.15, 0.2) is 0 Å². The van der Waals surface area contributed by atoms with Crippen molar-refractivity contribution >= 4 is 70.1 Å². The van der Waals surface area contributed by atoms with Gasteiger partial charge in [-0.05, 0) is 97.4 Å². The standard InChI is InChI=1S/C50H33NS/c1-2-10-34(11-3-1)41-26-31-46-47-18-9-19-48(50(47)52-49(46)33-41)51(42-27-22-36(23-28-42)40-21-20-35-12-4-5-14-39(35)32-40)43-29-24-38(25-30-43)45-17-8-15-37-13-6-7-16-44(37)45/h1-33H. The van der Waals surface area contributed by atoms with Crippen molar-refractivity contribution in [1.29, 1.82) is 0 Å². The Morgan fingerprint density at radius 1 is 0.327 bits per heavy atom. The minimum Gasteiger partial charge on any atom is -0.309 e. The van der Waals surface area contributed by atoms with E-state index in [9.17, 15) is 0 Å². The first-order valence-corrected chi connectivity index (χ1v) is 18.6. The average Bonchev–Trinajstić information content (AvgIpc) is 3.60. The molecule has 0 bridgehead atoms. The third kappa shape index (κ3) is 5.33. The summed E-state index contributed by atoms with van der Waals surface area (Å²) in [4.78, 5) is 2.42. The molecule has 0 N–H and O–H groups in total. The van der Waals surface area contributed by atoms with Crippen molar-refractivity contribution in [3.63, 3.8) is 0 Å². The fourth-order valence-corrected chi connectivity index (χ4v) is 8.88. The maximum atomic E-state index is 2.42. The van der Waals surface area contributed by atoms with Gasteiger partial charge in [0.2, 0.25) is 0 Å². The molecule has 1 nitrogen and oxygen atoms in total. The number of thiophene rings is 1. The summed E-state index contributed by atoms with van der Waals surface area (Å²) >= 11 is 1.88. The summed E-state index contributed by atoms with van der Waals surface area (Å²) in [6, 6.07) is 72.9. The van der Waals surface area contributed by atoms with Crippen molar-refractivity contribution in [3.05, 3.63) is 200 Å². The molecule has 1 heterocycles. The highest BCUT2D eigenvalue weighted by molar-refractivity contribution is 7.26. The lowest BCUT2D eigenvalue weighted by atomic mass is 9.98. The van der Waals surface area contributed by atoms with E-state index in [0.29, 0.717) is 0 Å². The molecule has 0 aliphatic rings. The van der Waals surface area contributed by atoms with Crippen LogP contribution in [0.3, 0.4) is 0 Å². The van der Waals surface area contributed by atoms with Crippen molar-refractivity contribution in [2.75, 3.05) is 4.90 Å². The van der Waals surface area contributed by atoms with E-state index >= 15 is 0 Å². The molecule has 0 saturated carbocycles. The van der Waals surface area contributed by atoms with Crippen molar-refractivity contribution in [1.82, 2.24) is 0 Å². The minimum atomic E-state index is 1.12. The summed E-state index contributed by atoms with van der Waals surface area (Å²) < 4.78 is 2.57. The average molecular weight is 680 g/mol. The Bertz CT molecular complexity index is 2880. The second-order valence-corrected chi connectivity index (χ2v) is 14.4. The summed E-state index contributed by atoms with van der Waals surface area (Å²) in [6.45, 7) is 0. The fraction of sp³-hybridized carbons (Fsp3) is 0. The van der Waals surface area contributed by atoms with Gasteiger partial charge in [-0.2, -0.15) is 0 Å². The van der Waals surface area contributed by atoms with Gasteiger partial charge in [-0.3, -0.25) is 0 Å². The van der Waals surface area contributed by atoms with E-state index in [0.717, 1.165) is 11.4 Å². The summed E-state index contributed by atoms with van der Waals surface area (Å²) in [5.41, 5.74) is 10.8. The molecule has 0 unspecified atom stereocenters. The molecule has 0 radical (unpaired) electrons. The zero-order chi connectivity index (χ0) is 34.4. The first kappa shape index (κ1) is 30.4. The summed E-state index contributed by atoms with van der Waals surface area (Å²) in [6.07, 6.45) is 0. The Hall–Kier alpha value is -6.48. The van der Waals surface area contributed by atoms with Crippen LogP contribution in [0.15, 0.2) is 200 Å². The number of benzene rings is 9. The predicted molar refractivity (Wildman–Crippen MR) is 225 cm³/mol.